The molecule has 0 bridgehead atoms. The van der Waals surface area contributed by atoms with Crippen molar-refractivity contribution >= 4 is 52.3 Å². The number of hydrogen-bond donors (Lipinski definition) is 2. The predicted octanol–water partition coefficient (Wildman–Crippen LogP) is 3.61. The van der Waals surface area contributed by atoms with E-state index in [-0.39, 0.29) is 29.1 Å². The molecule has 1 aliphatic rings. The van der Waals surface area contributed by atoms with Gasteiger partial charge in [-0.25, -0.2) is 0 Å². The Morgan fingerprint density at radius 1 is 1.19 bits per heavy atom. The van der Waals surface area contributed by atoms with Crippen molar-refractivity contribution < 1.29 is 19.1 Å². The van der Waals surface area contributed by atoms with E-state index < -0.39 is 6.10 Å². The van der Waals surface area contributed by atoms with Crippen molar-refractivity contribution in [1.29, 1.82) is 0 Å². The topological polar surface area (TPSA) is 84.5 Å². The number of fused-ring (bicyclic) bond motifs is 1. The summed E-state index contributed by atoms with van der Waals surface area (Å²) in [7, 11) is 0. The Kier molecular flexibility index (Phi) is 6.03. The van der Waals surface area contributed by atoms with Crippen LogP contribution in [0.3, 0.4) is 0 Å². The molecule has 1 heterocycles. The third-order valence-electron chi connectivity index (χ3n) is 3.83. The van der Waals surface area contributed by atoms with E-state index >= 15 is 0 Å². The van der Waals surface area contributed by atoms with Gasteiger partial charge in [0, 0.05) is 16.3 Å². The van der Waals surface area contributed by atoms with Crippen molar-refractivity contribution in [2.45, 2.75) is 13.0 Å². The number of halogens is 1. The van der Waals surface area contributed by atoms with E-state index in [0.29, 0.717) is 27.7 Å². The Balaban J connectivity index is 1.51. The van der Waals surface area contributed by atoms with Crippen LogP contribution in [0.25, 0.3) is 0 Å². The maximum atomic E-state index is 12.3. The van der Waals surface area contributed by atoms with Crippen LogP contribution in [0.1, 0.15) is 17.3 Å². The molecule has 1 aliphatic heterocycles. The SMILES string of the molecule is CC1Oc2ccc(C(=O)CSCC(=O)Nc3ccc(Cl)cc3)cc2NC1=O. The summed E-state index contributed by atoms with van der Waals surface area (Å²) < 4.78 is 5.47. The van der Waals surface area contributed by atoms with Gasteiger partial charge in [0.15, 0.2) is 11.9 Å². The number of hydrogen-bond acceptors (Lipinski definition) is 5. The normalized spacial score (nSPS) is 15.3. The summed E-state index contributed by atoms with van der Waals surface area (Å²) in [5.41, 5.74) is 1.59. The third-order valence-corrected chi connectivity index (χ3v) is 5.01. The van der Waals surface area contributed by atoms with Crippen LogP contribution in [-0.4, -0.2) is 35.2 Å². The molecule has 0 saturated carbocycles. The van der Waals surface area contributed by atoms with Crippen LogP contribution >= 0.6 is 23.4 Å². The summed E-state index contributed by atoms with van der Waals surface area (Å²) in [5, 5.41) is 6.04. The number of benzene rings is 2. The molecule has 140 valence electrons. The summed E-state index contributed by atoms with van der Waals surface area (Å²) >= 11 is 7.02. The Hall–Kier alpha value is -2.51. The van der Waals surface area contributed by atoms with Gasteiger partial charge in [-0.15, -0.1) is 11.8 Å². The zero-order valence-electron chi connectivity index (χ0n) is 14.5. The van der Waals surface area contributed by atoms with Crippen LogP contribution < -0.4 is 15.4 Å². The fourth-order valence-electron chi connectivity index (χ4n) is 2.43. The second-order valence-corrected chi connectivity index (χ2v) is 7.35. The molecule has 6 nitrogen and oxygen atoms in total. The Morgan fingerprint density at radius 2 is 1.93 bits per heavy atom. The number of rotatable bonds is 6. The quantitative estimate of drug-likeness (QED) is 0.718. The lowest BCUT2D eigenvalue weighted by Gasteiger charge is -2.23. The Morgan fingerprint density at radius 3 is 2.67 bits per heavy atom. The molecule has 0 aliphatic carbocycles. The molecular weight excluding hydrogens is 388 g/mol. The molecule has 27 heavy (non-hydrogen) atoms. The van der Waals surface area contributed by atoms with Crippen LogP contribution in [0.15, 0.2) is 42.5 Å². The number of carbonyl (C=O) groups is 3. The second kappa shape index (κ2) is 8.45. The first-order valence-corrected chi connectivity index (χ1v) is 9.73. The molecule has 0 fully saturated rings. The minimum absolute atomic E-state index is 0.130. The molecule has 2 aromatic rings. The molecule has 0 saturated heterocycles. The number of carbonyl (C=O) groups excluding carboxylic acids is 3. The minimum Gasteiger partial charge on any atom is -0.479 e. The zero-order valence-corrected chi connectivity index (χ0v) is 16.0. The average molecular weight is 405 g/mol. The molecule has 8 heteroatoms. The van der Waals surface area contributed by atoms with Gasteiger partial charge in [-0.2, -0.15) is 0 Å². The lowest BCUT2D eigenvalue weighted by Crippen LogP contribution is -2.34. The predicted molar refractivity (Wildman–Crippen MR) is 107 cm³/mol. The number of nitrogens with one attached hydrogen (secondary N) is 2. The van der Waals surface area contributed by atoms with Crippen LogP contribution in [0.5, 0.6) is 5.75 Å². The molecule has 0 radical (unpaired) electrons. The summed E-state index contributed by atoms with van der Waals surface area (Å²) in [6.45, 7) is 1.66. The van der Waals surface area contributed by atoms with E-state index in [9.17, 15) is 14.4 Å². The van der Waals surface area contributed by atoms with Crippen molar-refractivity contribution in [2.24, 2.45) is 0 Å². The fraction of sp³-hybridized carbons (Fsp3) is 0.211. The van der Waals surface area contributed by atoms with Gasteiger partial charge >= 0.3 is 0 Å². The molecule has 1 atom stereocenters. The lowest BCUT2D eigenvalue weighted by atomic mass is 10.1. The van der Waals surface area contributed by atoms with E-state index in [4.69, 9.17) is 16.3 Å². The van der Waals surface area contributed by atoms with Crippen LogP contribution in [-0.2, 0) is 9.59 Å². The standard InChI is InChI=1S/C19H17ClN2O4S/c1-11-19(25)22-15-8-12(2-7-17(15)26-11)16(23)9-27-10-18(24)21-14-5-3-13(20)4-6-14/h2-8,11H,9-10H2,1H3,(H,21,24)(H,22,25). The smallest absolute Gasteiger partial charge is 0.265 e. The lowest BCUT2D eigenvalue weighted by molar-refractivity contribution is -0.122. The molecule has 2 N–H and O–H groups in total. The molecule has 0 aromatic heterocycles. The monoisotopic (exact) mass is 404 g/mol. The van der Waals surface area contributed by atoms with Crippen LogP contribution in [0.2, 0.25) is 5.02 Å². The Labute approximate surface area is 165 Å². The highest BCUT2D eigenvalue weighted by atomic mass is 35.5. The van der Waals surface area contributed by atoms with Gasteiger partial charge in [0.2, 0.25) is 5.91 Å². The fourth-order valence-corrected chi connectivity index (χ4v) is 3.27. The molecule has 1 unspecified atom stereocenters. The molecule has 2 aromatic carbocycles. The zero-order chi connectivity index (χ0) is 19.4. The number of Topliss-reactive ketones (excluding diaryl/α,β-unsaturated/α-hetero) is 1. The number of ether oxygens (including phenoxy) is 1. The summed E-state index contributed by atoms with van der Waals surface area (Å²) in [4.78, 5) is 35.9. The van der Waals surface area contributed by atoms with Gasteiger partial charge in [0.05, 0.1) is 17.2 Å². The van der Waals surface area contributed by atoms with E-state index in [1.165, 1.54) is 11.8 Å². The maximum absolute atomic E-state index is 12.3. The maximum Gasteiger partial charge on any atom is 0.265 e. The first-order chi connectivity index (χ1) is 12.9. The highest BCUT2D eigenvalue weighted by Gasteiger charge is 2.24. The van der Waals surface area contributed by atoms with Gasteiger partial charge in [-0.3, -0.25) is 14.4 Å². The van der Waals surface area contributed by atoms with Gasteiger partial charge in [0.1, 0.15) is 5.75 Å². The molecular formula is C19H17ClN2O4S. The van der Waals surface area contributed by atoms with E-state index in [1.54, 1.807) is 49.4 Å². The van der Waals surface area contributed by atoms with Gasteiger partial charge in [-0.1, -0.05) is 11.6 Å². The van der Waals surface area contributed by atoms with Crippen molar-refractivity contribution in [3.63, 3.8) is 0 Å². The number of ketones is 1. The van der Waals surface area contributed by atoms with Crippen molar-refractivity contribution in [2.75, 3.05) is 22.1 Å². The molecule has 0 spiro atoms. The molecule has 3 rings (SSSR count). The largest absolute Gasteiger partial charge is 0.479 e. The number of anilines is 2. The highest BCUT2D eigenvalue weighted by Crippen LogP contribution is 2.30. The van der Waals surface area contributed by atoms with Crippen molar-refractivity contribution in [3.05, 3.63) is 53.1 Å². The average Bonchev–Trinajstić information content (AvgIpc) is 2.64. The summed E-state index contributed by atoms with van der Waals surface area (Å²) in [5.74, 6) is 0.258. The summed E-state index contributed by atoms with van der Waals surface area (Å²) in [6, 6.07) is 11.7. The number of thioether (sulfide) groups is 1. The minimum atomic E-state index is -0.561. The second-order valence-electron chi connectivity index (χ2n) is 5.93. The van der Waals surface area contributed by atoms with E-state index in [1.807, 2.05) is 0 Å². The highest BCUT2D eigenvalue weighted by molar-refractivity contribution is 8.00. The van der Waals surface area contributed by atoms with Crippen molar-refractivity contribution in [3.8, 4) is 5.75 Å². The first kappa shape index (κ1) is 19.3. The third kappa shape index (κ3) is 5.02. The van der Waals surface area contributed by atoms with E-state index in [0.717, 1.165) is 0 Å². The molecule has 2 amide bonds. The van der Waals surface area contributed by atoms with Crippen LogP contribution in [0, 0.1) is 0 Å². The van der Waals surface area contributed by atoms with Crippen LogP contribution in [0.4, 0.5) is 11.4 Å². The van der Waals surface area contributed by atoms with Gasteiger partial charge < -0.3 is 15.4 Å². The van der Waals surface area contributed by atoms with Gasteiger partial charge in [-0.05, 0) is 49.4 Å². The Bertz CT molecular complexity index is 886. The van der Waals surface area contributed by atoms with Crippen molar-refractivity contribution in [1.82, 2.24) is 0 Å². The van der Waals surface area contributed by atoms with Gasteiger partial charge in [0.25, 0.3) is 5.91 Å². The first-order valence-electron chi connectivity index (χ1n) is 8.20. The number of amides is 2. The summed E-state index contributed by atoms with van der Waals surface area (Å²) in [6.07, 6.45) is -0.561. The van der Waals surface area contributed by atoms with E-state index in [2.05, 4.69) is 10.6 Å².